The Hall–Kier alpha value is -8.37. The van der Waals surface area contributed by atoms with E-state index in [1.54, 1.807) is 0 Å². The molecular weight excluding hydrogens is 699 g/mol. The third-order valence-electron chi connectivity index (χ3n) is 11.2. The van der Waals surface area contributed by atoms with E-state index in [4.69, 9.17) is 4.42 Å². The van der Waals surface area contributed by atoms with Crippen molar-refractivity contribution in [3.8, 4) is 51.8 Å². The highest BCUT2D eigenvalue weighted by molar-refractivity contribution is 6.24. The number of fused-ring (bicyclic) bond motifs is 10. The van der Waals surface area contributed by atoms with Crippen molar-refractivity contribution >= 4 is 65.6 Å². The van der Waals surface area contributed by atoms with Crippen molar-refractivity contribution in [1.29, 1.82) is 15.8 Å². The fourth-order valence-electron chi connectivity index (χ4n) is 8.68. The Bertz CT molecular complexity index is 3560. The Labute approximate surface area is 326 Å². The number of nitriles is 3. The van der Waals surface area contributed by atoms with Crippen LogP contribution >= 0.6 is 0 Å². The molecule has 11 rings (SSSR count). The first kappa shape index (κ1) is 32.1. The topological polar surface area (TPSA) is 94.4 Å². The van der Waals surface area contributed by atoms with E-state index in [1.165, 1.54) is 0 Å². The van der Waals surface area contributed by atoms with Crippen LogP contribution in [0, 0.1) is 34.0 Å². The highest BCUT2D eigenvalue weighted by atomic mass is 16.3. The van der Waals surface area contributed by atoms with Crippen molar-refractivity contribution in [3.63, 3.8) is 0 Å². The Morgan fingerprint density at radius 3 is 1.61 bits per heavy atom. The Morgan fingerprint density at radius 1 is 0.386 bits per heavy atom. The summed E-state index contributed by atoms with van der Waals surface area (Å²) < 4.78 is 11.0. The summed E-state index contributed by atoms with van der Waals surface area (Å²) >= 11 is 0. The molecule has 6 nitrogen and oxygen atoms in total. The van der Waals surface area contributed by atoms with Crippen LogP contribution in [0.15, 0.2) is 168 Å². The quantitative estimate of drug-likeness (QED) is 0.180. The van der Waals surface area contributed by atoms with Crippen molar-refractivity contribution in [2.75, 3.05) is 0 Å². The molecule has 0 N–H and O–H groups in total. The van der Waals surface area contributed by atoms with Crippen LogP contribution in [0.2, 0.25) is 0 Å². The summed E-state index contributed by atoms with van der Waals surface area (Å²) in [5, 5.41) is 35.7. The minimum Gasteiger partial charge on any atom is -0.455 e. The summed E-state index contributed by atoms with van der Waals surface area (Å²) in [4.78, 5) is 0. The average Bonchev–Trinajstić information content (AvgIpc) is 3.93. The monoisotopic (exact) mass is 725 g/mol. The van der Waals surface area contributed by atoms with Gasteiger partial charge in [-0.15, -0.1) is 0 Å². The minimum absolute atomic E-state index is 0.557. The van der Waals surface area contributed by atoms with E-state index in [-0.39, 0.29) is 0 Å². The molecule has 0 saturated heterocycles. The largest absolute Gasteiger partial charge is 0.455 e. The highest BCUT2D eigenvalue weighted by Gasteiger charge is 2.20. The number of rotatable bonds is 4. The third kappa shape index (κ3) is 4.81. The molecule has 3 aromatic heterocycles. The minimum atomic E-state index is 0.557. The molecule has 262 valence electrons. The van der Waals surface area contributed by atoms with Crippen LogP contribution in [0.4, 0.5) is 0 Å². The summed E-state index contributed by atoms with van der Waals surface area (Å²) in [6.45, 7) is 0. The predicted octanol–water partition coefficient (Wildman–Crippen LogP) is 12.7. The van der Waals surface area contributed by atoms with Crippen molar-refractivity contribution in [2.24, 2.45) is 0 Å². The molecular formula is C51H27N5O. The van der Waals surface area contributed by atoms with Crippen LogP contribution < -0.4 is 0 Å². The molecule has 6 heteroatoms. The number of nitrogens with zero attached hydrogens (tertiary/aromatic N) is 5. The van der Waals surface area contributed by atoms with Gasteiger partial charge in [-0.3, -0.25) is 0 Å². The van der Waals surface area contributed by atoms with Gasteiger partial charge in [-0.05, 0) is 119 Å². The Kier molecular flexibility index (Phi) is 6.95. The standard InChI is InChI=1S/C51H27N5O/c52-28-31-15-18-38(42(23-31)35-8-6-9-36(27-35)55-46-20-16-32(29-53)24-43(46)44-25-33(30-54)17-21-47(44)55)34-7-5-10-37(26-34)56-45-13-3-1-12-41(45)50-48(56)22-19-40-39-11-2-4-14-49(39)57-51(40)50/h1-27H. The van der Waals surface area contributed by atoms with E-state index in [0.717, 1.165) is 99.2 Å². The second-order valence-corrected chi connectivity index (χ2v) is 14.3. The molecule has 0 bridgehead atoms. The second kappa shape index (κ2) is 12.3. The van der Waals surface area contributed by atoms with Gasteiger partial charge in [0.05, 0.1) is 62.4 Å². The molecule has 0 atom stereocenters. The van der Waals surface area contributed by atoms with E-state index in [0.29, 0.717) is 16.7 Å². The van der Waals surface area contributed by atoms with Crippen LogP contribution in [0.1, 0.15) is 16.7 Å². The van der Waals surface area contributed by atoms with E-state index in [1.807, 2.05) is 78.9 Å². The molecule has 11 aromatic rings. The van der Waals surface area contributed by atoms with Crippen molar-refractivity contribution < 1.29 is 4.42 Å². The van der Waals surface area contributed by atoms with Gasteiger partial charge in [-0.25, -0.2) is 0 Å². The summed E-state index contributed by atoms with van der Waals surface area (Å²) in [6, 6.07) is 62.0. The third-order valence-corrected chi connectivity index (χ3v) is 11.2. The smallest absolute Gasteiger partial charge is 0.145 e. The zero-order chi connectivity index (χ0) is 38.2. The predicted molar refractivity (Wildman–Crippen MR) is 227 cm³/mol. The van der Waals surface area contributed by atoms with E-state index < -0.39 is 0 Å². The average molecular weight is 726 g/mol. The molecule has 3 heterocycles. The zero-order valence-corrected chi connectivity index (χ0v) is 30.2. The van der Waals surface area contributed by atoms with Crippen LogP contribution in [-0.4, -0.2) is 9.13 Å². The van der Waals surface area contributed by atoms with Gasteiger partial charge >= 0.3 is 0 Å². The van der Waals surface area contributed by atoms with E-state index in [2.05, 4.69) is 112 Å². The van der Waals surface area contributed by atoms with Gasteiger partial charge in [0.15, 0.2) is 0 Å². The highest BCUT2D eigenvalue weighted by Crippen LogP contribution is 2.42. The number of hydrogen-bond acceptors (Lipinski definition) is 4. The van der Waals surface area contributed by atoms with Gasteiger partial charge < -0.3 is 13.6 Å². The van der Waals surface area contributed by atoms with Gasteiger partial charge in [-0.2, -0.15) is 15.8 Å². The van der Waals surface area contributed by atoms with Crippen molar-refractivity contribution in [1.82, 2.24) is 9.13 Å². The van der Waals surface area contributed by atoms with Crippen molar-refractivity contribution in [3.05, 3.63) is 180 Å². The molecule has 0 spiro atoms. The summed E-state index contributed by atoms with van der Waals surface area (Å²) in [5.74, 6) is 0. The number of hydrogen-bond donors (Lipinski definition) is 0. The van der Waals surface area contributed by atoms with Crippen LogP contribution in [-0.2, 0) is 0 Å². The number of furan rings is 1. The van der Waals surface area contributed by atoms with Gasteiger partial charge in [-0.1, -0.05) is 66.7 Å². The van der Waals surface area contributed by atoms with Crippen molar-refractivity contribution in [2.45, 2.75) is 0 Å². The molecule has 8 aromatic carbocycles. The Balaban J connectivity index is 1.09. The first-order valence-electron chi connectivity index (χ1n) is 18.6. The van der Waals surface area contributed by atoms with E-state index in [9.17, 15) is 15.8 Å². The molecule has 0 unspecified atom stereocenters. The maximum absolute atomic E-state index is 10.1. The van der Waals surface area contributed by atoms with E-state index >= 15 is 0 Å². The van der Waals surface area contributed by atoms with Gasteiger partial charge in [0.25, 0.3) is 0 Å². The maximum atomic E-state index is 10.1. The number of para-hydroxylation sites is 2. The molecule has 57 heavy (non-hydrogen) atoms. The second-order valence-electron chi connectivity index (χ2n) is 14.3. The van der Waals surface area contributed by atoms with Crippen LogP contribution in [0.25, 0.3) is 99.2 Å². The molecule has 0 aliphatic rings. The fraction of sp³-hybridized carbons (Fsp3) is 0. The lowest BCUT2D eigenvalue weighted by Crippen LogP contribution is -1.96. The molecule has 0 amide bonds. The summed E-state index contributed by atoms with van der Waals surface area (Å²) in [7, 11) is 0. The van der Waals surface area contributed by atoms with Gasteiger partial charge in [0, 0.05) is 38.3 Å². The summed E-state index contributed by atoms with van der Waals surface area (Å²) in [6.07, 6.45) is 0. The normalized spacial score (nSPS) is 11.5. The SMILES string of the molecule is N#Cc1ccc(-c2cccc(-n3c4ccccc4c4c5oc6ccccc6c5ccc43)c2)c(-c2cccc(-n3c4ccc(C#N)cc4c4cc(C#N)ccc43)c2)c1. The van der Waals surface area contributed by atoms with Gasteiger partial charge in [0.2, 0.25) is 0 Å². The van der Waals surface area contributed by atoms with Gasteiger partial charge in [0.1, 0.15) is 11.2 Å². The van der Waals surface area contributed by atoms with Crippen LogP contribution in [0.5, 0.6) is 0 Å². The zero-order valence-electron chi connectivity index (χ0n) is 30.2. The lowest BCUT2D eigenvalue weighted by atomic mass is 9.92. The molecule has 0 aliphatic heterocycles. The lowest BCUT2D eigenvalue weighted by molar-refractivity contribution is 0.673. The number of benzene rings is 8. The Morgan fingerprint density at radius 2 is 0.930 bits per heavy atom. The first-order valence-corrected chi connectivity index (χ1v) is 18.6. The molecule has 0 fully saturated rings. The summed E-state index contributed by atoms with van der Waals surface area (Å²) in [5.41, 5.74) is 13.3. The molecule has 0 saturated carbocycles. The first-order chi connectivity index (χ1) is 28.1. The fourth-order valence-corrected chi connectivity index (χ4v) is 8.68. The van der Waals surface area contributed by atoms with Crippen LogP contribution in [0.3, 0.4) is 0 Å². The lowest BCUT2D eigenvalue weighted by Gasteiger charge is -2.15. The molecule has 0 aliphatic carbocycles. The number of aromatic nitrogens is 2. The molecule has 0 radical (unpaired) electrons. The maximum Gasteiger partial charge on any atom is 0.145 e.